The molecule has 2 saturated heterocycles. The lowest BCUT2D eigenvalue weighted by Crippen LogP contribution is -2.71. The van der Waals surface area contributed by atoms with E-state index in [4.69, 9.17) is 23.7 Å². The van der Waals surface area contributed by atoms with Crippen molar-refractivity contribution in [2.45, 2.75) is 105 Å². The van der Waals surface area contributed by atoms with E-state index in [-0.39, 0.29) is 17.8 Å². The molecule has 0 aromatic heterocycles. The van der Waals surface area contributed by atoms with Crippen molar-refractivity contribution >= 4 is 35.4 Å². The van der Waals surface area contributed by atoms with E-state index in [1.54, 1.807) is 13.0 Å². The van der Waals surface area contributed by atoms with Gasteiger partial charge in [0.15, 0.2) is 5.60 Å². The van der Waals surface area contributed by atoms with Gasteiger partial charge in [-0.1, -0.05) is 27.7 Å². The van der Waals surface area contributed by atoms with E-state index in [1.165, 1.54) is 27.7 Å². The normalized spacial score (nSPS) is 53.5. The van der Waals surface area contributed by atoms with E-state index >= 15 is 0 Å². The lowest BCUT2D eigenvalue weighted by molar-refractivity contribution is -0.232. The highest BCUT2D eigenvalue weighted by molar-refractivity contribution is 6.40. The molecule has 0 spiro atoms. The standard InChI is InChI=1S/C35H44O12/c1-12-10-19-34(8,35(9,42)31(41)47-19)24-21(12)33(7)23(28(24)43-14(3)36)20-22(13(2)29(33)44-15(4)37)32(6)17(25(39)26(20)40)11-18-27(46-18)30(32)45-16(5)38/h10,12-13,17-18,20-24,27-30,42H,11H2,1-9H3/t12-,13+,17-,18+,20-,21+,22+,23-,24+,27+,28-,29+,30+,32+,33-,34+,35-/m1/s1. The number of hydrogen-bond acceptors (Lipinski definition) is 12. The Balaban J connectivity index is 1.50. The molecule has 256 valence electrons. The maximum atomic E-state index is 14.7. The molecule has 6 fully saturated rings. The third-order valence-corrected chi connectivity index (χ3v) is 14.0. The highest BCUT2D eigenvalue weighted by Gasteiger charge is 2.82. The average Bonchev–Trinajstić information content (AvgIpc) is 3.65. The smallest absolute Gasteiger partial charge is 0.343 e. The van der Waals surface area contributed by atoms with E-state index in [1.807, 2.05) is 27.7 Å². The van der Waals surface area contributed by atoms with Crippen LogP contribution in [0, 0.1) is 63.6 Å². The number of hydrogen-bond donors (Lipinski definition) is 1. The number of fused-ring (bicyclic) bond motifs is 10. The van der Waals surface area contributed by atoms with Crippen LogP contribution in [0.1, 0.15) is 68.7 Å². The Morgan fingerprint density at radius 3 is 2.00 bits per heavy atom. The first-order valence-corrected chi connectivity index (χ1v) is 16.7. The molecule has 0 radical (unpaired) electrons. The number of ketones is 2. The molecule has 0 bridgehead atoms. The SMILES string of the molecule is CC(=O)O[C@@H]1[C@H]2[C@@H]3C(=O)C(=O)[C@H]4C[C@@H]5O[C@@H]5[C@H](OC(C)=O)[C@]4(C)[C@H]3[C@H](C)[C@H](OC(C)=O)[C@]2(C)[C@@H]2[C@@H]1[C@]1(C)C(=C[C@H]2C)OC(=O)[C@@]1(C)O. The maximum absolute atomic E-state index is 14.7. The van der Waals surface area contributed by atoms with Crippen LogP contribution in [-0.4, -0.2) is 76.7 Å². The molecule has 7 rings (SSSR count). The summed E-state index contributed by atoms with van der Waals surface area (Å²) in [7, 11) is 0. The van der Waals surface area contributed by atoms with Crippen molar-refractivity contribution in [1.82, 2.24) is 0 Å². The summed E-state index contributed by atoms with van der Waals surface area (Å²) in [6.45, 7) is 14.6. The average molecular weight is 657 g/mol. The summed E-state index contributed by atoms with van der Waals surface area (Å²) in [5, 5.41) is 11.8. The second-order valence-electron chi connectivity index (χ2n) is 16.1. The van der Waals surface area contributed by atoms with Gasteiger partial charge in [-0.05, 0) is 50.0 Å². The van der Waals surface area contributed by atoms with Crippen LogP contribution in [0.5, 0.6) is 0 Å². The number of aliphatic hydroxyl groups is 1. The summed E-state index contributed by atoms with van der Waals surface area (Å²) in [6.07, 6.45) is -1.47. The predicted molar refractivity (Wildman–Crippen MR) is 158 cm³/mol. The highest BCUT2D eigenvalue weighted by Crippen LogP contribution is 2.76. The molecule has 7 aliphatic rings. The summed E-state index contributed by atoms with van der Waals surface area (Å²) in [6, 6.07) is 0. The van der Waals surface area contributed by atoms with Crippen LogP contribution >= 0.6 is 0 Å². The summed E-state index contributed by atoms with van der Waals surface area (Å²) in [5.74, 6) is -9.03. The van der Waals surface area contributed by atoms with Gasteiger partial charge in [0.2, 0.25) is 11.6 Å². The predicted octanol–water partition coefficient (Wildman–Crippen LogP) is 2.33. The van der Waals surface area contributed by atoms with Crippen LogP contribution in [0.15, 0.2) is 11.8 Å². The highest BCUT2D eigenvalue weighted by atomic mass is 16.6. The van der Waals surface area contributed by atoms with Crippen LogP contribution in [0.4, 0.5) is 0 Å². The third kappa shape index (κ3) is 3.77. The van der Waals surface area contributed by atoms with Crippen molar-refractivity contribution in [2.24, 2.45) is 63.6 Å². The Kier molecular flexibility index (Phi) is 6.72. The lowest BCUT2D eigenvalue weighted by Gasteiger charge is -2.64. The molecule has 2 aliphatic heterocycles. The number of epoxide rings is 1. The molecule has 47 heavy (non-hydrogen) atoms. The minimum Gasteiger partial charge on any atom is -0.462 e. The number of ether oxygens (including phenoxy) is 5. The summed E-state index contributed by atoms with van der Waals surface area (Å²) in [4.78, 5) is 80.6. The van der Waals surface area contributed by atoms with Crippen molar-refractivity contribution in [1.29, 1.82) is 0 Å². The molecule has 17 atom stereocenters. The van der Waals surface area contributed by atoms with Crippen molar-refractivity contribution < 1.29 is 57.6 Å². The molecule has 0 aromatic rings. The zero-order valence-corrected chi connectivity index (χ0v) is 28.2. The minimum atomic E-state index is -2.03. The first-order chi connectivity index (χ1) is 21.7. The molecule has 1 N–H and O–H groups in total. The molecule has 0 unspecified atom stereocenters. The number of carbonyl (C=O) groups excluding carboxylic acids is 6. The van der Waals surface area contributed by atoms with E-state index in [9.17, 15) is 33.9 Å². The van der Waals surface area contributed by atoms with Crippen molar-refractivity contribution in [3.63, 3.8) is 0 Å². The van der Waals surface area contributed by atoms with Crippen LogP contribution < -0.4 is 0 Å². The van der Waals surface area contributed by atoms with Crippen molar-refractivity contribution in [3.05, 3.63) is 11.8 Å². The van der Waals surface area contributed by atoms with Gasteiger partial charge < -0.3 is 28.8 Å². The molecule has 2 heterocycles. The molecular formula is C35H44O12. The second kappa shape index (κ2) is 9.74. The van der Waals surface area contributed by atoms with Gasteiger partial charge in [0.05, 0.1) is 11.5 Å². The van der Waals surface area contributed by atoms with Gasteiger partial charge in [-0.25, -0.2) is 4.79 Å². The molecule has 12 heteroatoms. The Bertz CT molecular complexity index is 1550. The number of allylic oxidation sites excluding steroid dienone is 1. The number of rotatable bonds is 3. The third-order valence-electron chi connectivity index (χ3n) is 14.0. The molecule has 4 saturated carbocycles. The first kappa shape index (κ1) is 32.4. The maximum Gasteiger partial charge on any atom is 0.343 e. The molecule has 0 aromatic carbocycles. The largest absolute Gasteiger partial charge is 0.462 e. The fourth-order valence-electron chi connectivity index (χ4n) is 12.2. The monoisotopic (exact) mass is 656 g/mol. The van der Waals surface area contributed by atoms with Crippen LogP contribution in [0.25, 0.3) is 0 Å². The molecular weight excluding hydrogens is 612 g/mol. The van der Waals surface area contributed by atoms with Crippen LogP contribution in [0.3, 0.4) is 0 Å². The van der Waals surface area contributed by atoms with E-state index in [2.05, 4.69) is 0 Å². The summed E-state index contributed by atoms with van der Waals surface area (Å²) in [5.41, 5.74) is -5.61. The van der Waals surface area contributed by atoms with Gasteiger partial charge in [0.25, 0.3) is 0 Å². The Labute approximate surface area is 273 Å². The van der Waals surface area contributed by atoms with Gasteiger partial charge in [-0.15, -0.1) is 0 Å². The Morgan fingerprint density at radius 2 is 1.40 bits per heavy atom. The molecule has 12 nitrogen and oxygen atoms in total. The van der Waals surface area contributed by atoms with E-state index in [0.717, 1.165) is 0 Å². The van der Waals surface area contributed by atoms with Gasteiger partial charge in [0.1, 0.15) is 30.2 Å². The number of Topliss-reactive ketones (excluding diaryl/α,β-unsaturated/α-hetero) is 2. The number of carbonyl (C=O) groups is 6. The zero-order chi connectivity index (χ0) is 34.5. The van der Waals surface area contributed by atoms with Crippen molar-refractivity contribution in [2.75, 3.05) is 0 Å². The Hall–Kier alpha value is -3.12. The van der Waals surface area contributed by atoms with Gasteiger partial charge in [-0.2, -0.15) is 0 Å². The fraction of sp³-hybridized carbons (Fsp3) is 0.771. The quantitative estimate of drug-likeness (QED) is 0.204. The minimum absolute atomic E-state index is 0.256. The first-order valence-electron chi connectivity index (χ1n) is 16.7. The topological polar surface area (TPSA) is 172 Å². The van der Waals surface area contributed by atoms with Crippen LogP contribution in [0.2, 0.25) is 0 Å². The van der Waals surface area contributed by atoms with Crippen LogP contribution in [-0.2, 0) is 52.5 Å². The van der Waals surface area contributed by atoms with Gasteiger partial charge in [-0.3, -0.25) is 24.0 Å². The fourth-order valence-corrected chi connectivity index (χ4v) is 12.2. The van der Waals surface area contributed by atoms with E-state index < -0.39 is 123 Å². The second-order valence-corrected chi connectivity index (χ2v) is 16.1. The van der Waals surface area contributed by atoms with E-state index in [0.29, 0.717) is 6.42 Å². The molecule has 5 aliphatic carbocycles. The zero-order valence-electron chi connectivity index (χ0n) is 28.2. The molecule has 0 amide bonds. The summed E-state index contributed by atoms with van der Waals surface area (Å²) >= 11 is 0. The summed E-state index contributed by atoms with van der Waals surface area (Å²) < 4.78 is 30.1. The Morgan fingerprint density at radius 1 is 0.809 bits per heavy atom. The van der Waals surface area contributed by atoms with Gasteiger partial charge >= 0.3 is 23.9 Å². The van der Waals surface area contributed by atoms with Gasteiger partial charge in [0, 0.05) is 55.3 Å². The lowest BCUT2D eigenvalue weighted by atomic mass is 9.40. The van der Waals surface area contributed by atoms with Crippen molar-refractivity contribution in [3.8, 4) is 0 Å². The number of esters is 4.